The van der Waals surface area contributed by atoms with Crippen molar-refractivity contribution in [1.29, 1.82) is 0 Å². The zero-order valence-electron chi connectivity index (χ0n) is 11.2. The van der Waals surface area contributed by atoms with E-state index in [4.69, 9.17) is 4.74 Å². The molecule has 2 aromatic carbocycles. The summed E-state index contributed by atoms with van der Waals surface area (Å²) in [5.74, 6) is 0.836. The van der Waals surface area contributed by atoms with Crippen molar-refractivity contribution in [3.8, 4) is 5.75 Å². The lowest BCUT2D eigenvalue weighted by Crippen LogP contribution is -2.09. The van der Waals surface area contributed by atoms with Crippen molar-refractivity contribution in [3.05, 3.63) is 62.7 Å². The maximum atomic E-state index is 10.0. The first kappa shape index (κ1) is 13.9. The van der Waals surface area contributed by atoms with Gasteiger partial charge < -0.3 is 9.84 Å². The van der Waals surface area contributed by atoms with Gasteiger partial charge in [0, 0.05) is 3.57 Å². The Bertz CT molecular complexity index is 592. The van der Waals surface area contributed by atoms with Gasteiger partial charge in [0.15, 0.2) is 0 Å². The van der Waals surface area contributed by atoms with Crippen LogP contribution in [0.4, 0.5) is 0 Å². The molecule has 2 nitrogen and oxygen atoms in total. The maximum absolute atomic E-state index is 10.0. The normalized spacial score (nSPS) is 17.6. The smallest absolute Gasteiger partial charge is 0.120 e. The van der Waals surface area contributed by atoms with Gasteiger partial charge >= 0.3 is 0 Å². The van der Waals surface area contributed by atoms with E-state index in [-0.39, 0.29) is 6.10 Å². The molecule has 1 aliphatic carbocycles. The van der Waals surface area contributed by atoms with Gasteiger partial charge in [-0.15, -0.1) is 0 Å². The summed E-state index contributed by atoms with van der Waals surface area (Å²) >= 11 is 2.29. The summed E-state index contributed by atoms with van der Waals surface area (Å²) in [5, 5.41) is 10.0. The summed E-state index contributed by atoms with van der Waals surface area (Å²) in [5.41, 5.74) is 3.45. The molecular formula is C17H17IO2. The van der Waals surface area contributed by atoms with Crippen LogP contribution in [0.2, 0.25) is 0 Å². The number of aliphatic hydroxyl groups excluding tert-OH is 1. The molecule has 0 bridgehead atoms. The zero-order valence-corrected chi connectivity index (χ0v) is 13.3. The quantitative estimate of drug-likeness (QED) is 0.808. The molecule has 0 radical (unpaired) electrons. The van der Waals surface area contributed by atoms with E-state index in [2.05, 4.69) is 52.9 Å². The third-order valence-electron chi connectivity index (χ3n) is 3.72. The average Bonchev–Trinajstić information content (AvgIpc) is 2.47. The van der Waals surface area contributed by atoms with E-state index < -0.39 is 0 Å². The van der Waals surface area contributed by atoms with E-state index in [1.165, 1.54) is 9.13 Å². The number of benzene rings is 2. The van der Waals surface area contributed by atoms with E-state index in [1.54, 1.807) is 0 Å². The molecule has 0 saturated carbocycles. The highest BCUT2D eigenvalue weighted by molar-refractivity contribution is 14.1. The third kappa shape index (κ3) is 3.15. The maximum Gasteiger partial charge on any atom is 0.120 e. The molecular weight excluding hydrogens is 363 g/mol. The SMILES string of the molecule is OC1CCCc2ccc(OCc3ccc(I)cc3)cc21. The number of fused-ring (bicyclic) bond motifs is 1. The minimum absolute atomic E-state index is 0.333. The third-order valence-corrected chi connectivity index (χ3v) is 4.44. The Morgan fingerprint density at radius 2 is 1.95 bits per heavy atom. The number of halogens is 1. The summed E-state index contributed by atoms with van der Waals surface area (Å²) in [6.07, 6.45) is 2.65. The van der Waals surface area contributed by atoms with Crippen LogP contribution in [-0.2, 0) is 13.0 Å². The topological polar surface area (TPSA) is 29.5 Å². The van der Waals surface area contributed by atoms with Gasteiger partial charge in [-0.25, -0.2) is 0 Å². The molecule has 2 aromatic rings. The van der Waals surface area contributed by atoms with Crippen LogP contribution in [0, 0.1) is 3.57 Å². The highest BCUT2D eigenvalue weighted by atomic mass is 127. The molecule has 1 N–H and O–H groups in total. The van der Waals surface area contributed by atoms with Gasteiger partial charge in [-0.3, -0.25) is 0 Å². The number of hydrogen-bond acceptors (Lipinski definition) is 2. The molecule has 1 aliphatic rings. The lowest BCUT2D eigenvalue weighted by atomic mass is 9.89. The highest BCUT2D eigenvalue weighted by Crippen LogP contribution is 2.32. The lowest BCUT2D eigenvalue weighted by Gasteiger charge is -2.22. The fourth-order valence-electron chi connectivity index (χ4n) is 2.59. The standard InChI is InChI=1S/C17H17IO2/c18-14-7-4-12(5-8-14)11-20-15-9-6-13-2-1-3-17(19)16(13)10-15/h4-10,17,19H,1-3,11H2. The number of hydrogen-bond donors (Lipinski definition) is 1. The molecule has 20 heavy (non-hydrogen) atoms. The summed E-state index contributed by atoms with van der Waals surface area (Å²) < 4.78 is 7.06. The van der Waals surface area contributed by atoms with E-state index in [0.717, 1.165) is 36.1 Å². The highest BCUT2D eigenvalue weighted by Gasteiger charge is 2.18. The summed E-state index contributed by atoms with van der Waals surface area (Å²) in [4.78, 5) is 0. The van der Waals surface area contributed by atoms with Crippen LogP contribution < -0.4 is 4.74 Å². The van der Waals surface area contributed by atoms with Crippen molar-refractivity contribution in [2.45, 2.75) is 32.0 Å². The molecule has 0 fully saturated rings. The molecule has 0 saturated heterocycles. The second-order valence-electron chi connectivity index (χ2n) is 5.18. The van der Waals surface area contributed by atoms with Crippen molar-refractivity contribution in [3.63, 3.8) is 0 Å². The first-order chi connectivity index (χ1) is 9.72. The molecule has 0 heterocycles. The second kappa shape index (κ2) is 6.14. The number of rotatable bonds is 3. The van der Waals surface area contributed by atoms with Crippen molar-refractivity contribution in [2.24, 2.45) is 0 Å². The number of aliphatic hydroxyl groups is 1. The van der Waals surface area contributed by atoms with Crippen molar-refractivity contribution in [2.75, 3.05) is 0 Å². The van der Waals surface area contributed by atoms with Gasteiger partial charge in [0.05, 0.1) is 6.10 Å². The Balaban J connectivity index is 1.72. The van der Waals surface area contributed by atoms with E-state index in [0.29, 0.717) is 6.61 Å². The Kier molecular flexibility index (Phi) is 4.27. The second-order valence-corrected chi connectivity index (χ2v) is 6.43. The molecule has 0 aliphatic heterocycles. The Morgan fingerprint density at radius 3 is 2.75 bits per heavy atom. The Morgan fingerprint density at radius 1 is 1.15 bits per heavy atom. The summed E-state index contributed by atoms with van der Waals surface area (Å²) in [7, 11) is 0. The van der Waals surface area contributed by atoms with Crippen LogP contribution in [0.25, 0.3) is 0 Å². The van der Waals surface area contributed by atoms with Crippen LogP contribution in [-0.4, -0.2) is 5.11 Å². The largest absolute Gasteiger partial charge is 0.489 e. The monoisotopic (exact) mass is 380 g/mol. The molecule has 0 spiro atoms. The Hall–Kier alpha value is -1.07. The van der Waals surface area contributed by atoms with Gasteiger partial charge in [-0.2, -0.15) is 0 Å². The molecule has 0 amide bonds. The van der Waals surface area contributed by atoms with Gasteiger partial charge in [0.2, 0.25) is 0 Å². The number of aryl methyl sites for hydroxylation is 1. The van der Waals surface area contributed by atoms with E-state index >= 15 is 0 Å². The van der Waals surface area contributed by atoms with Gasteiger partial charge in [0.25, 0.3) is 0 Å². The van der Waals surface area contributed by atoms with Crippen LogP contribution in [0.15, 0.2) is 42.5 Å². The predicted octanol–water partition coefficient (Wildman–Crippen LogP) is 4.24. The summed E-state index contributed by atoms with van der Waals surface area (Å²) in [6.45, 7) is 0.561. The van der Waals surface area contributed by atoms with Crippen molar-refractivity contribution in [1.82, 2.24) is 0 Å². The van der Waals surface area contributed by atoms with Crippen LogP contribution >= 0.6 is 22.6 Å². The fourth-order valence-corrected chi connectivity index (χ4v) is 2.95. The van der Waals surface area contributed by atoms with Gasteiger partial charge in [0.1, 0.15) is 12.4 Å². The van der Waals surface area contributed by atoms with Crippen molar-refractivity contribution >= 4 is 22.6 Å². The zero-order chi connectivity index (χ0) is 13.9. The molecule has 104 valence electrons. The van der Waals surface area contributed by atoms with Crippen LogP contribution in [0.1, 0.15) is 35.6 Å². The minimum Gasteiger partial charge on any atom is -0.489 e. The van der Waals surface area contributed by atoms with Crippen molar-refractivity contribution < 1.29 is 9.84 Å². The van der Waals surface area contributed by atoms with Gasteiger partial charge in [-0.05, 0) is 82.8 Å². The molecule has 3 heteroatoms. The molecule has 3 rings (SSSR count). The summed E-state index contributed by atoms with van der Waals surface area (Å²) in [6, 6.07) is 14.4. The first-order valence-corrected chi connectivity index (χ1v) is 7.98. The van der Waals surface area contributed by atoms with Crippen LogP contribution in [0.3, 0.4) is 0 Å². The Labute approximate surface area is 132 Å². The van der Waals surface area contributed by atoms with E-state index in [1.807, 2.05) is 12.1 Å². The average molecular weight is 380 g/mol. The van der Waals surface area contributed by atoms with Crippen LogP contribution in [0.5, 0.6) is 5.75 Å². The lowest BCUT2D eigenvalue weighted by molar-refractivity contribution is 0.156. The minimum atomic E-state index is -0.333. The number of ether oxygens (including phenoxy) is 1. The first-order valence-electron chi connectivity index (χ1n) is 6.90. The molecule has 0 aromatic heterocycles. The fraction of sp³-hybridized carbons (Fsp3) is 0.294. The predicted molar refractivity (Wildman–Crippen MR) is 87.8 cm³/mol. The van der Waals surface area contributed by atoms with E-state index in [9.17, 15) is 5.11 Å². The molecule has 1 atom stereocenters. The molecule has 1 unspecified atom stereocenters. The van der Waals surface area contributed by atoms with Gasteiger partial charge in [-0.1, -0.05) is 18.2 Å².